The highest BCUT2D eigenvalue weighted by atomic mass is 19.4. The summed E-state index contributed by atoms with van der Waals surface area (Å²) in [6.45, 7) is 0. The number of fused-ring (bicyclic) bond motifs is 1. The van der Waals surface area contributed by atoms with Crippen LogP contribution in [-0.2, 0) is 15.8 Å². The fourth-order valence-corrected chi connectivity index (χ4v) is 2.66. The molecule has 1 heterocycles. The molecule has 5 nitrogen and oxygen atoms in total. The second-order valence-corrected chi connectivity index (χ2v) is 5.86. The van der Waals surface area contributed by atoms with Gasteiger partial charge in [-0.3, -0.25) is 14.6 Å². The van der Waals surface area contributed by atoms with Gasteiger partial charge >= 0.3 is 6.18 Å². The van der Waals surface area contributed by atoms with Crippen molar-refractivity contribution in [2.75, 3.05) is 5.32 Å². The van der Waals surface area contributed by atoms with Crippen LogP contribution in [0.25, 0.3) is 10.9 Å². The van der Waals surface area contributed by atoms with E-state index >= 15 is 0 Å². The molecule has 8 heteroatoms. The minimum absolute atomic E-state index is 0.0711. The number of primary amides is 1. The van der Waals surface area contributed by atoms with Crippen molar-refractivity contribution in [3.8, 4) is 0 Å². The first-order chi connectivity index (χ1) is 12.8. The van der Waals surface area contributed by atoms with E-state index in [-0.39, 0.29) is 5.56 Å². The molecule has 0 aliphatic heterocycles. The zero-order chi connectivity index (χ0) is 19.6. The number of amides is 2. The summed E-state index contributed by atoms with van der Waals surface area (Å²) in [4.78, 5) is 28.5. The van der Waals surface area contributed by atoms with Gasteiger partial charge in [0.15, 0.2) is 0 Å². The van der Waals surface area contributed by atoms with Gasteiger partial charge in [0.25, 0.3) is 0 Å². The van der Waals surface area contributed by atoms with Crippen LogP contribution >= 0.6 is 0 Å². The number of halogens is 3. The number of hydrogen-bond acceptors (Lipinski definition) is 3. The second-order valence-electron chi connectivity index (χ2n) is 5.86. The van der Waals surface area contributed by atoms with Crippen LogP contribution in [0.15, 0.2) is 60.8 Å². The number of nitrogens with zero attached hydrogens (tertiary/aromatic N) is 1. The van der Waals surface area contributed by atoms with E-state index in [9.17, 15) is 22.8 Å². The number of para-hydroxylation sites is 1. The smallest absolute Gasteiger partial charge is 0.369 e. The maximum atomic E-state index is 12.7. The van der Waals surface area contributed by atoms with Crippen molar-refractivity contribution in [2.24, 2.45) is 5.73 Å². The first-order valence-corrected chi connectivity index (χ1v) is 7.88. The zero-order valence-electron chi connectivity index (χ0n) is 13.8. The summed E-state index contributed by atoms with van der Waals surface area (Å²) in [6, 6.07) is 12.6. The Kier molecular flexibility index (Phi) is 4.81. The largest absolute Gasteiger partial charge is 0.416 e. The van der Waals surface area contributed by atoms with Gasteiger partial charge in [0, 0.05) is 5.39 Å². The van der Waals surface area contributed by atoms with Crippen molar-refractivity contribution in [3.05, 3.63) is 71.9 Å². The van der Waals surface area contributed by atoms with E-state index in [2.05, 4.69) is 10.3 Å². The highest BCUT2D eigenvalue weighted by Gasteiger charge is 2.32. The minimum atomic E-state index is -4.51. The van der Waals surface area contributed by atoms with E-state index < -0.39 is 29.5 Å². The molecule has 138 valence electrons. The van der Waals surface area contributed by atoms with E-state index in [1.54, 1.807) is 18.2 Å². The minimum Gasteiger partial charge on any atom is -0.369 e. The molecule has 0 bridgehead atoms. The molecule has 3 aromatic rings. The van der Waals surface area contributed by atoms with E-state index in [1.165, 1.54) is 6.20 Å². The molecule has 27 heavy (non-hydrogen) atoms. The van der Waals surface area contributed by atoms with Crippen molar-refractivity contribution in [3.63, 3.8) is 0 Å². The molecule has 0 saturated heterocycles. The summed E-state index contributed by atoms with van der Waals surface area (Å²) >= 11 is 0. The molecule has 2 aromatic carbocycles. The van der Waals surface area contributed by atoms with Crippen molar-refractivity contribution in [1.29, 1.82) is 0 Å². The van der Waals surface area contributed by atoms with Crippen LogP contribution in [-0.4, -0.2) is 16.8 Å². The Morgan fingerprint density at radius 3 is 2.33 bits per heavy atom. The van der Waals surface area contributed by atoms with Gasteiger partial charge in [-0.1, -0.05) is 30.3 Å². The monoisotopic (exact) mass is 373 g/mol. The van der Waals surface area contributed by atoms with Crippen LogP contribution in [0.1, 0.15) is 17.0 Å². The number of rotatable bonds is 4. The molecule has 0 saturated carbocycles. The summed E-state index contributed by atoms with van der Waals surface area (Å²) in [7, 11) is 0. The topological polar surface area (TPSA) is 85.1 Å². The maximum Gasteiger partial charge on any atom is 0.416 e. The standard InChI is InChI=1S/C19H14F3N3O2/c20-19(21,22)13-7-5-11(6-8-13)16(17(23)26)18(27)25-14-9-12-3-1-2-4-15(12)24-10-14/h1-10,16H,(H2,23,26)(H,25,27)/t16-/m1/s1. The predicted molar refractivity (Wildman–Crippen MR) is 93.8 cm³/mol. The van der Waals surface area contributed by atoms with Gasteiger partial charge < -0.3 is 11.1 Å². The molecule has 0 unspecified atom stereocenters. The van der Waals surface area contributed by atoms with Crippen LogP contribution < -0.4 is 11.1 Å². The van der Waals surface area contributed by atoms with Gasteiger partial charge in [-0.2, -0.15) is 13.2 Å². The van der Waals surface area contributed by atoms with Crippen LogP contribution in [0, 0.1) is 0 Å². The van der Waals surface area contributed by atoms with E-state index in [0.29, 0.717) is 5.69 Å². The molecule has 0 aliphatic rings. The molecule has 0 spiro atoms. The van der Waals surface area contributed by atoms with Gasteiger partial charge in [0.1, 0.15) is 5.92 Å². The summed E-state index contributed by atoms with van der Waals surface area (Å²) < 4.78 is 38.0. The Morgan fingerprint density at radius 2 is 1.70 bits per heavy atom. The number of alkyl halides is 3. The first-order valence-electron chi connectivity index (χ1n) is 7.88. The highest BCUT2D eigenvalue weighted by molar-refractivity contribution is 6.10. The number of nitrogens with two attached hydrogens (primary N) is 1. The normalized spacial score (nSPS) is 12.6. The molecule has 0 fully saturated rings. The number of nitrogens with one attached hydrogen (secondary N) is 1. The number of carbonyl (C=O) groups is 2. The Balaban J connectivity index is 1.85. The number of aromatic nitrogens is 1. The van der Waals surface area contributed by atoms with Crippen molar-refractivity contribution < 1.29 is 22.8 Å². The highest BCUT2D eigenvalue weighted by Crippen LogP contribution is 2.30. The zero-order valence-corrected chi connectivity index (χ0v) is 13.8. The summed E-state index contributed by atoms with van der Waals surface area (Å²) in [5.41, 5.74) is 5.56. The third-order valence-corrected chi connectivity index (χ3v) is 3.98. The van der Waals surface area contributed by atoms with E-state index in [1.807, 2.05) is 12.1 Å². The van der Waals surface area contributed by atoms with Gasteiger partial charge in [0.05, 0.1) is 23.0 Å². The summed E-state index contributed by atoms with van der Waals surface area (Å²) in [5.74, 6) is -3.15. The lowest BCUT2D eigenvalue weighted by atomic mass is 9.96. The van der Waals surface area contributed by atoms with Gasteiger partial charge in [0.2, 0.25) is 11.8 Å². The first kappa shape index (κ1) is 18.4. The molecule has 2 amide bonds. The van der Waals surface area contributed by atoms with Crippen LogP contribution in [0.3, 0.4) is 0 Å². The third-order valence-electron chi connectivity index (χ3n) is 3.98. The van der Waals surface area contributed by atoms with Crippen molar-refractivity contribution in [2.45, 2.75) is 12.1 Å². The van der Waals surface area contributed by atoms with Gasteiger partial charge in [-0.15, -0.1) is 0 Å². The predicted octanol–water partition coefficient (Wildman–Crippen LogP) is 3.46. The SMILES string of the molecule is NC(=O)[C@H](C(=O)Nc1cnc2ccccc2c1)c1ccc(C(F)(F)F)cc1. The lowest BCUT2D eigenvalue weighted by molar-refractivity contribution is -0.137. The number of pyridine rings is 1. The van der Waals surface area contributed by atoms with Gasteiger partial charge in [-0.25, -0.2) is 0 Å². The second kappa shape index (κ2) is 7.06. The van der Waals surface area contributed by atoms with Crippen LogP contribution in [0.5, 0.6) is 0 Å². The average Bonchev–Trinajstić information content (AvgIpc) is 2.61. The lowest BCUT2D eigenvalue weighted by Gasteiger charge is -2.15. The van der Waals surface area contributed by atoms with Crippen LogP contribution in [0.4, 0.5) is 18.9 Å². The fraction of sp³-hybridized carbons (Fsp3) is 0.105. The summed E-state index contributed by atoms with van der Waals surface area (Å²) in [5, 5.41) is 3.31. The van der Waals surface area contributed by atoms with Gasteiger partial charge in [-0.05, 0) is 29.8 Å². The number of carbonyl (C=O) groups excluding carboxylic acids is 2. The summed E-state index contributed by atoms with van der Waals surface area (Å²) in [6.07, 6.45) is -3.09. The molecule has 0 aliphatic carbocycles. The molecule has 0 radical (unpaired) electrons. The molecule has 3 N–H and O–H groups in total. The van der Waals surface area contributed by atoms with E-state index in [4.69, 9.17) is 5.73 Å². The Bertz CT molecular complexity index is 1000. The fourth-order valence-electron chi connectivity index (χ4n) is 2.66. The average molecular weight is 373 g/mol. The lowest BCUT2D eigenvalue weighted by Crippen LogP contribution is -2.32. The van der Waals surface area contributed by atoms with Crippen molar-refractivity contribution in [1.82, 2.24) is 4.98 Å². The number of hydrogen-bond donors (Lipinski definition) is 2. The Morgan fingerprint density at radius 1 is 1.04 bits per heavy atom. The molecule has 1 atom stereocenters. The maximum absolute atomic E-state index is 12.7. The Hall–Kier alpha value is -3.42. The third kappa shape index (κ3) is 4.05. The quantitative estimate of drug-likeness (QED) is 0.687. The molecular weight excluding hydrogens is 359 g/mol. The molecule has 1 aromatic heterocycles. The molecular formula is C19H14F3N3O2. The van der Waals surface area contributed by atoms with E-state index in [0.717, 1.165) is 35.2 Å². The number of anilines is 1. The van der Waals surface area contributed by atoms with Crippen molar-refractivity contribution >= 4 is 28.4 Å². The molecule has 3 rings (SSSR count). The Labute approximate surface area is 152 Å². The van der Waals surface area contributed by atoms with Crippen LogP contribution in [0.2, 0.25) is 0 Å². The number of benzene rings is 2.